The molecule has 2 atom stereocenters. The molecule has 0 spiro atoms. The molecule has 4 rings (SSSR count). The highest BCUT2D eigenvalue weighted by atomic mass is 32.2. The average molecular weight is 544 g/mol. The van der Waals surface area contributed by atoms with E-state index in [2.05, 4.69) is 15.4 Å². The van der Waals surface area contributed by atoms with Crippen molar-refractivity contribution in [2.75, 3.05) is 40.5 Å². The maximum absolute atomic E-state index is 13.2. The first-order chi connectivity index (χ1) is 18.3. The van der Waals surface area contributed by atoms with Crippen LogP contribution in [-0.4, -0.2) is 75.3 Å². The van der Waals surface area contributed by atoms with Crippen LogP contribution >= 0.6 is 0 Å². The lowest BCUT2D eigenvalue weighted by Gasteiger charge is -2.33. The minimum Gasteiger partial charge on any atom is -0.495 e. The molecule has 2 aromatic carbocycles. The van der Waals surface area contributed by atoms with Crippen LogP contribution in [0.15, 0.2) is 53.4 Å². The van der Waals surface area contributed by atoms with Gasteiger partial charge in [0.2, 0.25) is 15.9 Å². The van der Waals surface area contributed by atoms with Crippen molar-refractivity contribution in [2.24, 2.45) is 5.73 Å². The number of sulfonamides is 1. The monoisotopic (exact) mass is 543 g/mol. The highest BCUT2D eigenvalue weighted by molar-refractivity contribution is 7.89. The first kappa shape index (κ1) is 28.0. The second-order valence-electron chi connectivity index (χ2n) is 9.60. The summed E-state index contributed by atoms with van der Waals surface area (Å²) >= 11 is 0. The number of nitrogens with one attached hydrogen (secondary N) is 1. The summed E-state index contributed by atoms with van der Waals surface area (Å²) in [6.07, 6.45) is 2.74. The SMILES string of the molecule is COCCCn1c([C@@H]2CCCN(C(=O)C[C@@H](N)CNS(=O)(=O)c3ccccc3OC)C2)nc2ccccc21. The lowest BCUT2D eigenvalue weighted by molar-refractivity contribution is -0.132. The van der Waals surface area contributed by atoms with Crippen LogP contribution in [0, 0.1) is 0 Å². The Bertz CT molecular complexity index is 1340. The van der Waals surface area contributed by atoms with E-state index in [1.54, 1.807) is 25.3 Å². The second kappa shape index (κ2) is 12.7. The Labute approximate surface area is 224 Å². The van der Waals surface area contributed by atoms with Crippen molar-refractivity contribution in [3.8, 4) is 5.75 Å². The number of carbonyl (C=O) groups excluding carboxylic acids is 1. The molecule has 1 fully saturated rings. The summed E-state index contributed by atoms with van der Waals surface area (Å²) < 4.78 is 40.7. The summed E-state index contributed by atoms with van der Waals surface area (Å²) in [5.41, 5.74) is 8.23. The number of amides is 1. The van der Waals surface area contributed by atoms with Crippen LogP contribution in [0.4, 0.5) is 0 Å². The number of piperidine rings is 1. The number of imidazole rings is 1. The first-order valence-electron chi connectivity index (χ1n) is 12.9. The molecule has 0 unspecified atom stereocenters. The minimum atomic E-state index is -3.83. The Morgan fingerprint density at radius 3 is 2.74 bits per heavy atom. The van der Waals surface area contributed by atoms with Gasteiger partial charge in [-0.2, -0.15) is 0 Å². The van der Waals surface area contributed by atoms with Gasteiger partial charge in [0.1, 0.15) is 16.5 Å². The number of ether oxygens (including phenoxy) is 2. The third kappa shape index (κ3) is 6.52. The molecule has 1 aliphatic rings. The summed E-state index contributed by atoms with van der Waals surface area (Å²) in [5.74, 6) is 1.27. The Hall–Kier alpha value is -2.99. The summed E-state index contributed by atoms with van der Waals surface area (Å²) in [6, 6.07) is 13.8. The lowest BCUT2D eigenvalue weighted by atomic mass is 9.96. The molecule has 2 heterocycles. The van der Waals surface area contributed by atoms with Crippen LogP contribution in [0.25, 0.3) is 11.0 Å². The highest BCUT2D eigenvalue weighted by Crippen LogP contribution is 2.30. The van der Waals surface area contributed by atoms with Gasteiger partial charge in [-0.15, -0.1) is 0 Å². The molecule has 1 saturated heterocycles. The van der Waals surface area contributed by atoms with Crippen LogP contribution in [0.5, 0.6) is 5.75 Å². The minimum absolute atomic E-state index is 0.0355. The van der Waals surface area contributed by atoms with Crippen molar-refractivity contribution in [1.82, 2.24) is 19.2 Å². The third-order valence-electron chi connectivity index (χ3n) is 6.88. The summed E-state index contributed by atoms with van der Waals surface area (Å²) in [7, 11) is -0.715. The predicted octanol–water partition coefficient (Wildman–Crippen LogP) is 2.48. The molecular formula is C27H37N5O5S. The van der Waals surface area contributed by atoms with Gasteiger partial charge in [-0.1, -0.05) is 24.3 Å². The first-order valence-corrected chi connectivity index (χ1v) is 14.4. The number of likely N-dealkylation sites (tertiary alicyclic amines) is 1. The Kier molecular flexibility index (Phi) is 9.37. The standard InChI is InChI=1S/C27H37N5O5S/c1-36-16-8-15-32-23-11-4-3-10-22(23)30-27(32)20-9-7-14-31(19-20)26(33)17-21(28)18-29-38(34,35)25-13-6-5-12-24(25)37-2/h3-6,10-13,20-21,29H,7-9,14-19,28H2,1-2H3/t20-,21-/m1/s1. The molecule has 0 aliphatic carbocycles. The van der Waals surface area contributed by atoms with Gasteiger partial charge in [0.05, 0.1) is 18.1 Å². The summed E-state index contributed by atoms with van der Waals surface area (Å²) in [4.78, 5) is 20.0. The quantitative estimate of drug-likeness (QED) is 0.336. The molecule has 1 aromatic heterocycles. The fourth-order valence-electron chi connectivity index (χ4n) is 4.98. The number of aromatic nitrogens is 2. The van der Waals surface area contributed by atoms with E-state index in [1.807, 2.05) is 23.1 Å². The van der Waals surface area contributed by atoms with E-state index in [-0.39, 0.29) is 35.4 Å². The molecule has 10 nitrogen and oxygen atoms in total. The van der Waals surface area contributed by atoms with Crippen LogP contribution in [-0.2, 0) is 26.1 Å². The van der Waals surface area contributed by atoms with Crippen molar-refractivity contribution in [2.45, 2.75) is 49.1 Å². The van der Waals surface area contributed by atoms with Crippen molar-refractivity contribution >= 4 is 27.0 Å². The van der Waals surface area contributed by atoms with E-state index in [0.29, 0.717) is 19.7 Å². The van der Waals surface area contributed by atoms with Gasteiger partial charge in [0.15, 0.2) is 0 Å². The second-order valence-corrected chi connectivity index (χ2v) is 11.3. The molecule has 0 radical (unpaired) electrons. The van der Waals surface area contributed by atoms with Crippen molar-refractivity contribution in [3.63, 3.8) is 0 Å². The topological polar surface area (TPSA) is 129 Å². The Morgan fingerprint density at radius 1 is 1.18 bits per heavy atom. The summed E-state index contributed by atoms with van der Waals surface area (Å²) in [6.45, 7) is 2.62. The number of benzene rings is 2. The lowest BCUT2D eigenvalue weighted by Crippen LogP contribution is -2.45. The van der Waals surface area contributed by atoms with Crippen LogP contribution in [0.2, 0.25) is 0 Å². The number of fused-ring (bicyclic) bond motifs is 1. The van der Waals surface area contributed by atoms with Crippen molar-refractivity contribution in [3.05, 3.63) is 54.4 Å². The highest BCUT2D eigenvalue weighted by Gasteiger charge is 2.29. The van der Waals surface area contributed by atoms with E-state index in [9.17, 15) is 13.2 Å². The molecule has 3 aromatic rings. The molecule has 0 saturated carbocycles. The van der Waals surface area contributed by atoms with Gasteiger partial charge in [-0.05, 0) is 43.5 Å². The molecule has 206 valence electrons. The molecule has 0 bridgehead atoms. The molecule has 38 heavy (non-hydrogen) atoms. The zero-order valence-electron chi connectivity index (χ0n) is 22.0. The van der Waals surface area contributed by atoms with Gasteiger partial charge in [-0.3, -0.25) is 4.79 Å². The third-order valence-corrected chi connectivity index (χ3v) is 8.35. The van der Waals surface area contributed by atoms with E-state index in [4.69, 9.17) is 20.2 Å². The zero-order valence-corrected chi connectivity index (χ0v) is 22.8. The van der Waals surface area contributed by atoms with E-state index in [0.717, 1.165) is 42.7 Å². The normalized spacial score (nSPS) is 17.0. The fourth-order valence-corrected chi connectivity index (χ4v) is 6.25. The number of hydrogen-bond acceptors (Lipinski definition) is 7. The number of carbonyl (C=O) groups is 1. The number of hydrogen-bond donors (Lipinski definition) is 2. The number of nitrogens with zero attached hydrogens (tertiary/aromatic N) is 3. The Balaban J connectivity index is 1.39. The maximum Gasteiger partial charge on any atom is 0.244 e. The summed E-state index contributed by atoms with van der Waals surface area (Å²) in [5, 5.41) is 0. The van der Waals surface area contributed by atoms with E-state index < -0.39 is 16.1 Å². The van der Waals surface area contributed by atoms with Crippen LogP contribution in [0.1, 0.15) is 37.4 Å². The number of aryl methyl sites for hydroxylation is 1. The largest absolute Gasteiger partial charge is 0.495 e. The molecule has 1 aliphatic heterocycles. The van der Waals surface area contributed by atoms with Crippen LogP contribution < -0.4 is 15.2 Å². The van der Waals surface area contributed by atoms with E-state index >= 15 is 0 Å². The Morgan fingerprint density at radius 2 is 1.95 bits per heavy atom. The zero-order chi connectivity index (χ0) is 27.1. The number of nitrogens with two attached hydrogens (primary N) is 1. The number of methoxy groups -OCH3 is 2. The average Bonchev–Trinajstić information content (AvgIpc) is 3.31. The molecule has 1 amide bonds. The maximum atomic E-state index is 13.2. The van der Waals surface area contributed by atoms with Gasteiger partial charge in [-0.25, -0.2) is 18.1 Å². The van der Waals surface area contributed by atoms with Crippen LogP contribution in [0.3, 0.4) is 0 Å². The number of para-hydroxylation sites is 3. The smallest absolute Gasteiger partial charge is 0.244 e. The van der Waals surface area contributed by atoms with Gasteiger partial charge < -0.3 is 24.7 Å². The predicted molar refractivity (Wildman–Crippen MR) is 146 cm³/mol. The molecule has 11 heteroatoms. The van der Waals surface area contributed by atoms with Gasteiger partial charge in [0.25, 0.3) is 0 Å². The number of rotatable bonds is 12. The van der Waals surface area contributed by atoms with E-state index in [1.165, 1.54) is 13.2 Å². The van der Waals surface area contributed by atoms with Crippen molar-refractivity contribution in [1.29, 1.82) is 0 Å². The molecule has 3 N–H and O–H groups in total. The van der Waals surface area contributed by atoms with Crippen molar-refractivity contribution < 1.29 is 22.7 Å². The molecular weight excluding hydrogens is 506 g/mol. The van der Waals surface area contributed by atoms with Gasteiger partial charge in [0, 0.05) is 58.3 Å². The van der Waals surface area contributed by atoms with Gasteiger partial charge >= 0.3 is 0 Å². The fraction of sp³-hybridized carbons (Fsp3) is 0.481.